The molecule has 22 heavy (non-hydrogen) atoms. The van der Waals surface area contributed by atoms with E-state index < -0.39 is 11.9 Å². The molecule has 0 aliphatic heterocycles. The van der Waals surface area contributed by atoms with Crippen LogP contribution in [0.15, 0.2) is 18.2 Å². The van der Waals surface area contributed by atoms with Crippen molar-refractivity contribution in [1.29, 1.82) is 0 Å². The number of carboxylic acids is 1. The Morgan fingerprint density at radius 1 is 1.23 bits per heavy atom. The van der Waals surface area contributed by atoms with Crippen LogP contribution in [0.5, 0.6) is 5.75 Å². The summed E-state index contributed by atoms with van der Waals surface area (Å²) in [4.78, 5) is 23.2. The van der Waals surface area contributed by atoms with Crippen LogP contribution in [-0.4, -0.2) is 34.3 Å². The lowest BCUT2D eigenvalue weighted by molar-refractivity contribution is 0.0696. The number of methoxy groups -OCH3 is 1. The molecule has 0 fully saturated rings. The lowest BCUT2D eigenvalue weighted by Gasteiger charge is -2.07. The fourth-order valence-electron chi connectivity index (χ4n) is 1.73. The van der Waals surface area contributed by atoms with Crippen molar-refractivity contribution in [2.24, 2.45) is 0 Å². The van der Waals surface area contributed by atoms with Crippen LogP contribution in [0.3, 0.4) is 0 Å². The molecule has 1 amide bonds. The minimum absolute atomic E-state index is 0.00585. The average Bonchev–Trinajstić information content (AvgIpc) is 3.00. The highest BCUT2D eigenvalue weighted by atomic mass is 32.1. The number of benzene rings is 1. The molecule has 0 saturated carbocycles. The molecule has 0 radical (unpaired) electrons. The van der Waals surface area contributed by atoms with Crippen LogP contribution in [0.2, 0.25) is 0 Å². The fourth-order valence-corrected chi connectivity index (χ4v) is 2.46. The van der Waals surface area contributed by atoms with Gasteiger partial charge in [-0.15, -0.1) is 10.2 Å². The molecule has 2 rings (SSSR count). The number of nitrogens with one attached hydrogen (secondary N) is 1. The molecular weight excluding hydrogens is 306 g/mol. The second-order valence-corrected chi connectivity index (χ2v) is 5.53. The highest BCUT2D eigenvalue weighted by Gasteiger charge is 2.13. The SMILES string of the molecule is CCc1nnc(CNC(=O)c2cc(OC)cc(C(=O)O)c2)s1. The van der Waals surface area contributed by atoms with Gasteiger partial charge in [0.25, 0.3) is 5.91 Å². The molecule has 2 aromatic rings. The summed E-state index contributed by atoms with van der Waals surface area (Å²) in [7, 11) is 1.41. The zero-order valence-corrected chi connectivity index (χ0v) is 12.9. The number of ether oxygens (including phenoxy) is 1. The number of carboxylic acid groups (broad SMARTS) is 1. The van der Waals surface area contributed by atoms with Crippen molar-refractivity contribution in [2.75, 3.05) is 7.11 Å². The first-order valence-electron chi connectivity index (χ1n) is 6.55. The predicted octanol–water partition coefficient (Wildman–Crippen LogP) is 1.74. The van der Waals surface area contributed by atoms with E-state index in [0.717, 1.165) is 11.4 Å². The normalized spacial score (nSPS) is 10.3. The maximum Gasteiger partial charge on any atom is 0.335 e. The Balaban J connectivity index is 2.11. The molecule has 1 aromatic heterocycles. The van der Waals surface area contributed by atoms with Gasteiger partial charge in [0.05, 0.1) is 19.2 Å². The predicted molar refractivity (Wildman–Crippen MR) is 80.4 cm³/mol. The molecule has 1 aromatic carbocycles. The van der Waals surface area contributed by atoms with E-state index in [2.05, 4.69) is 15.5 Å². The third-order valence-corrected chi connectivity index (χ3v) is 3.93. The number of aromatic carboxylic acids is 1. The molecule has 0 unspecified atom stereocenters. The Kier molecular flexibility index (Phi) is 5.05. The number of aryl methyl sites for hydroxylation is 1. The molecule has 2 N–H and O–H groups in total. The molecule has 116 valence electrons. The monoisotopic (exact) mass is 321 g/mol. The van der Waals surface area contributed by atoms with Gasteiger partial charge in [0.15, 0.2) is 0 Å². The van der Waals surface area contributed by atoms with Crippen molar-refractivity contribution in [3.05, 3.63) is 39.3 Å². The first-order chi connectivity index (χ1) is 10.5. The van der Waals surface area contributed by atoms with Gasteiger partial charge in [-0.3, -0.25) is 4.79 Å². The summed E-state index contributed by atoms with van der Waals surface area (Å²) in [5.41, 5.74) is 0.214. The van der Waals surface area contributed by atoms with Crippen molar-refractivity contribution < 1.29 is 19.4 Å². The maximum atomic E-state index is 12.1. The average molecular weight is 321 g/mol. The summed E-state index contributed by atoms with van der Waals surface area (Å²) >= 11 is 1.43. The Morgan fingerprint density at radius 3 is 2.50 bits per heavy atom. The molecule has 0 atom stereocenters. The zero-order chi connectivity index (χ0) is 16.1. The van der Waals surface area contributed by atoms with Crippen LogP contribution >= 0.6 is 11.3 Å². The molecule has 1 heterocycles. The Bertz CT molecular complexity index is 699. The number of carbonyl (C=O) groups excluding carboxylic acids is 1. The minimum atomic E-state index is -1.12. The van der Waals surface area contributed by atoms with E-state index >= 15 is 0 Å². The maximum absolute atomic E-state index is 12.1. The van der Waals surface area contributed by atoms with E-state index in [9.17, 15) is 9.59 Å². The largest absolute Gasteiger partial charge is 0.497 e. The van der Waals surface area contributed by atoms with Crippen LogP contribution in [-0.2, 0) is 13.0 Å². The topological polar surface area (TPSA) is 101 Å². The van der Waals surface area contributed by atoms with Crippen LogP contribution in [0.4, 0.5) is 0 Å². The minimum Gasteiger partial charge on any atom is -0.497 e. The second kappa shape index (κ2) is 6.99. The first-order valence-corrected chi connectivity index (χ1v) is 7.37. The van der Waals surface area contributed by atoms with Crippen molar-refractivity contribution in [3.63, 3.8) is 0 Å². The van der Waals surface area contributed by atoms with Crippen LogP contribution in [0.25, 0.3) is 0 Å². The molecule has 7 nitrogen and oxygen atoms in total. The molecular formula is C14H15N3O4S. The third-order valence-electron chi connectivity index (χ3n) is 2.86. The van der Waals surface area contributed by atoms with Crippen molar-refractivity contribution in [1.82, 2.24) is 15.5 Å². The standard InChI is InChI=1S/C14H15N3O4S/c1-3-11-16-17-12(22-11)7-15-13(18)8-4-9(14(19)20)6-10(5-8)21-2/h4-6H,3,7H2,1-2H3,(H,15,18)(H,19,20). The molecule has 0 bridgehead atoms. The summed E-state index contributed by atoms with van der Waals surface area (Å²) in [5, 5.41) is 21.3. The summed E-state index contributed by atoms with van der Waals surface area (Å²) in [6.45, 7) is 2.22. The van der Waals surface area contributed by atoms with Crippen molar-refractivity contribution in [3.8, 4) is 5.75 Å². The number of hydrogen-bond donors (Lipinski definition) is 2. The number of rotatable bonds is 6. The third kappa shape index (κ3) is 3.79. The fraction of sp³-hybridized carbons (Fsp3) is 0.286. The quantitative estimate of drug-likeness (QED) is 0.840. The lowest BCUT2D eigenvalue weighted by Crippen LogP contribution is -2.23. The van der Waals surface area contributed by atoms with Crippen molar-refractivity contribution >= 4 is 23.2 Å². The molecule has 0 aliphatic rings. The van der Waals surface area contributed by atoms with Gasteiger partial charge in [0, 0.05) is 5.56 Å². The van der Waals surface area contributed by atoms with Gasteiger partial charge in [-0.2, -0.15) is 0 Å². The zero-order valence-electron chi connectivity index (χ0n) is 12.1. The Hall–Kier alpha value is -2.48. The number of amides is 1. The van der Waals surface area contributed by atoms with E-state index in [1.165, 1.54) is 36.6 Å². The van der Waals surface area contributed by atoms with Gasteiger partial charge in [0.2, 0.25) is 0 Å². The van der Waals surface area contributed by atoms with E-state index in [0.29, 0.717) is 10.8 Å². The summed E-state index contributed by atoms with van der Waals surface area (Å²) in [5.74, 6) is -1.20. The van der Waals surface area contributed by atoms with Gasteiger partial charge in [-0.25, -0.2) is 4.79 Å². The number of hydrogen-bond acceptors (Lipinski definition) is 6. The van der Waals surface area contributed by atoms with Gasteiger partial charge in [0.1, 0.15) is 15.8 Å². The van der Waals surface area contributed by atoms with Gasteiger partial charge in [-0.1, -0.05) is 18.3 Å². The van der Waals surface area contributed by atoms with Gasteiger partial charge < -0.3 is 15.2 Å². The van der Waals surface area contributed by atoms with Crippen molar-refractivity contribution in [2.45, 2.75) is 19.9 Å². The van der Waals surface area contributed by atoms with E-state index in [1.807, 2.05) is 6.92 Å². The smallest absolute Gasteiger partial charge is 0.335 e. The van der Waals surface area contributed by atoms with Gasteiger partial charge in [-0.05, 0) is 24.6 Å². The lowest BCUT2D eigenvalue weighted by atomic mass is 10.1. The molecule has 0 saturated heterocycles. The first kappa shape index (κ1) is 15.9. The second-order valence-electron chi connectivity index (χ2n) is 4.38. The highest BCUT2D eigenvalue weighted by Crippen LogP contribution is 2.17. The Morgan fingerprint density at radius 2 is 1.91 bits per heavy atom. The van der Waals surface area contributed by atoms with Crippen LogP contribution < -0.4 is 10.1 Å². The number of aromatic nitrogens is 2. The van der Waals surface area contributed by atoms with Crippen LogP contribution in [0, 0.1) is 0 Å². The van der Waals surface area contributed by atoms with Gasteiger partial charge >= 0.3 is 5.97 Å². The summed E-state index contributed by atoms with van der Waals surface area (Å²) in [6.07, 6.45) is 0.795. The number of carbonyl (C=O) groups is 2. The highest BCUT2D eigenvalue weighted by molar-refractivity contribution is 7.11. The molecule has 8 heteroatoms. The summed E-state index contributed by atoms with van der Waals surface area (Å²) in [6, 6.07) is 4.15. The van der Waals surface area contributed by atoms with E-state index in [1.54, 1.807) is 0 Å². The number of nitrogens with zero attached hydrogens (tertiary/aromatic N) is 2. The Labute approximate surface area is 131 Å². The van der Waals surface area contributed by atoms with Crippen LogP contribution in [0.1, 0.15) is 37.7 Å². The molecule has 0 aliphatic carbocycles. The van der Waals surface area contributed by atoms with E-state index in [4.69, 9.17) is 9.84 Å². The molecule has 0 spiro atoms. The summed E-state index contributed by atoms with van der Waals surface area (Å²) < 4.78 is 5.01. The van der Waals surface area contributed by atoms with E-state index in [-0.39, 0.29) is 17.7 Å².